The van der Waals surface area contributed by atoms with Gasteiger partial charge in [-0.15, -0.1) is 5.11 Å². The highest BCUT2D eigenvalue weighted by molar-refractivity contribution is 7.87. The first kappa shape index (κ1) is 24.2. The van der Waals surface area contributed by atoms with Gasteiger partial charge in [-0.3, -0.25) is 9.59 Å². The van der Waals surface area contributed by atoms with E-state index in [1.54, 1.807) is 0 Å². The van der Waals surface area contributed by atoms with E-state index >= 15 is 0 Å². The first-order valence-electron chi connectivity index (χ1n) is 10.1. The molecule has 0 aromatic heterocycles. The average molecular weight is 508 g/mol. The van der Waals surface area contributed by atoms with Crippen molar-refractivity contribution in [3.05, 3.63) is 88.6 Å². The van der Waals surface area contributed by atoms with Crippen molar-refractivity contribution in [3.63, 3.8) is 0 Å². The Morgan fingerprint density at radius 3 is 2.39 bits per heavy atom. The molecule has 13 heteroatoms. The summed E-state index contributed by atoms with van der Waals surface area (Å²) >= 11 is 0. The minimum atomic E-state index is -4.38. The lowest BCUT2D eigenvalue weighted by Crippen LogP contribution is -2.18. The molecule has 1 aliphatic rings. The van der Waals surface area contributed by atoms with Gasteiger partial charge in [0.2, 0.25) is 11.5 Å². The summed E-state index contributed by atoms with van der Waals surface area (Å²) in [5.74, 6) is -3.61. The summed E-state index contributed by atoms with van der Waals surface area (Å²) in [7, 11) is -4.38. The van der Waals surface area contributed by atoms with Gasteiger partial charge in [0.1, 0.15) is 16.3 Å². The maximum atomic E-state index is 13.0. The number of hydrogen-bond donors (Lipinski definition) is 4. The number of ketones is 2. The predicted octanol–water partition coefficient (Wildman–Crippen LogP) is 3.82. The smallest absolute Gasteiger partial charge is 0.339 e. The van der Waals surface area contributed by atoms with Crippen LogP contribution in [0, 0.1) is 5.53 Å². The maximum Gasteiger partial charge on any atom is 0.339 e. The highest BCUT2D eigenvalue weighted by Gasteiger charge is 2.29. The van der Waals surface area contributed by atoms with E-state index in [0.29, 0.717) is 0 Å². The fraction of sp³-hybridized carbons (Fsp3) is 0.0435. The second kappa shape index (κ2) is 9.38. The average Bonchev–Trinajstić information content (AvgIpc) is 2.86. The zero-order chi connectivity index (χ0) is 26.0. The number of carbonyl (C=O) groups is 2. The molecule has 0 fully saturated rings. The molecule has 12 nitrogen and oxygen atoms in total. The molecule has 3 aromatic rings. The van der Waals surface area contributed by atoms with Crippen LogP contribution in [0.1, 0.15) is 31.8 Å². The number of phenols is 3. The third kappa shape index (κ3) is 4.42. The largest absolute Gasteiger partial charge is 0.504 e. The minimum Gasteiger partial charge on any atom is -0.504 e. The Hall–Kier alpha value is -4.91. The number of aromatic hydroxyl groups is 3. The molecule has 36 heavy (non-hydrogen) atoms. The molecule has 0 bridgehead atoms. The summed E-state index contributed by atoms with van der Waals surface area (Å²) in [4.78, 5) is 25.0. The number of fused-ring (bicyclic) bond motifs is 1. The van der Waals surface area contributed by atoms with Crippen molar-refractivity contribution < 1.29 is 37.5 Å². The van der Waals surface area contributed by atoms with Gasteiger partial charge in [-0.05, 0) is 71.0 Å². The molecule has 0 spiro atoms. The summed E-state index contributed by atoms with van der Waals surface area (Å²) in [5.41, 5.74) is 6.66. The number of allylic oxidation sites excluding steroid dienone is 2. The van der Waals surface area contributed by atoms with Crippen LogP contribution in [0.5, 0.6) is 23.0 Å². The first-order valence-corrected chi connectivity index (χ1v) is 11.5. The zero-order valence-corrected chi connectivity index (χ0v) is 18.9. The van der Waals surface area contributed by atoms with Crippen LogP contribution < -0.4 is 4.18 Å². The molecule has 1 aliphatic carbocycles. The van der Waals surface area contributed by atoms with Crippen molar-refractivity contribution >= 4 is 21.7 Å². The lowest BCUT2D eigenvalue weighted by atomic mass is 9.94. The minimum absolute atomic E-state index is 0.0442. The molecular formula is C23H16N4O8S. The van der Waals surface area contributed by atoms with Gasteiger partial charge < -0.3 is 19.5 Å². The third-order valence-electron chi connectivity index (χ3n) is 5.27. The van der Waals surface area contributed by atoms with Gasteiger partial charge in [0.25, 0.3) is 0 Å². The van der Waals surface area contributed by atoms with Gasteiger partial charge in [0, 0.05) is 11.1 Å². The van der Waals surface area contributed by atoms with Gasteiger partial charge in [-0.2, -0.15) is 13.9 Å². The number of rotatable bonds is 7. The van der Waals surface area contributed by atoms with Crippen LogP contribution >= 0.6 is 0 Å². The molecule has 0 atom stereocenters. The second-order valence-corrected chi connectivity index (χ2v) is 8.93. The van der Waals surface area contributed by atoms with E-state index in [9.17, 15) is 33.3 Å². The third-order valence-corrected chi connectivity index (χ3v) is 6.61. The van der Waals surface area contributed by atoms with Crippen LogP contribution in [-0.4, -0.2) is 35.3 Å². The number of phenolic OH excluding ortho intramolecular Hbond substituents is 3. The Morgan fingerprint density at radius 1 is 0.972 bits per heavy atom. The van der Waals surface area contributed by atoms with Crippen molar-refractivity contribution in [2.75, 3.05) is 0 Å². The molecule has 0 aliphatic heterocycles. The zero-order valence-electron chi connectivity index (χ0n) is 18.1. The number of nitrogens with one attached hydrogen (secondary N) is 1. The van der Waals surface area contributed by atoms with E-state index < -0.39 is 38.9 Å². The SMILES string of the molecule is N=NN=NC1=CCc2c(cccc2S(=O)(=O)Oc2ccc(C(=O)c3ccc(O)c(O)c3O)cc2)C1=O. The second-order valence-electron chi connectivity index (χ2n) is 7.41. The van der Waals surface area contributed by atoms with Crippen LogP contribution in [-0.2, 0) is 16.5 Å². The molecule has 0 unspecified atom stereocenters. The Bertz CT molecular complexity index is 1580. The molecule has 0 amide bonds. The normalized spacial score (nSPS) is 13.2. The van der Waals surface area contributed by atoms with E-state index in [2.05, 4.69) is 15.6 Å². The molecule has 182 valence electrons. The van der Waals surface area contributed by atoms with Crippen LogP contribution in [0.15, 0.2) is 86.8 Å². The topological polar surface area (TPSA) is 199 Å². The fourth-order valence-corrected chi connectivity index (χ4v) is 4.75. The van der Waals surface area contributed by atoms with E-state index in [-0.39, 0.29) is 45.0 Å². The molecule has 0 radical (unpaired) electrons. The van der Waals surface area contributed by atoms with Crippen LogP contribution in [0.3, 0.4) is 0 Å². The highest BCUT2D eigenvalue weighted by atomic mass is 32.2. The fourth-order valence-electron chi connectivity index (χ4n) is 3.55. The van der Waals surface area contributed by atoms with Gasteiger partial charge in [0.15, 0.2) is 17.3 Å². The van der Waals surface area contributed by atoms with Crippen molar-refractivity contribution in [3.8, 4) is 23.0 Å². The molecule has 0 saturated heterocycles. The Kier molecular flexibility index (Phi) is 6.31. The number of nitrogens with zero attached hydrogens (tertiary/aromatic N) is 3. The van der Waals surface area contributed by atoms with Crippen molar-refractivity contribution in [2.45, 2.75) is 11.3 Å². The monoisotopic (exact) mass is 508 g/mol. The van der Waals surface area contributed by atoms with E-state index in [1.807, 2.05) is 0 Å². The maximum absolute atomic E-state index is 13.0. The molecule has 3 aromatic carbocycles. The highest BCUT2D eigenvalue weighted by Crippen LogP contribution is 2.38. The number of Topliss-reactive ketones (excluding diaryl/α,β-unsaturated/α-hetero) is 1. The van der Waals surface area contributed by atoms with Gasteiger partial charge in [0.05, 0.1) is 5.56 Å². The first-order chi connectivity index (χ1) is 17.1. The summed E-state index contributed by atoms with van der Waals surface area (Å²) in [5, 5.41) is 38.3. The van der Waals surface area contributed by atoms with Gasteiger partial charge in [-0.25, -0.2) is 0 Å². The standard InChI is InChI=1S/C23H16N4O8S/c24-26-27-25-17-10-8-14-15(21(17)30)2-1-3-19(14)36(33,34)35-13-6-4-12(5-7-13)20(29)16-9-11-18(28)23(32)22(16)31/h1-7,9-11,24,28,31-32H,8H2. The Balaban J connectivity index is 1.59. The van der Waals surface area contributed by atoms with Crippen LogP contribution in [0.4, 0.5) is 0 Å². The van der Waals surface area contributed by atoms with Gasteiger partial charge in [-0.1, -0.05) is 12.1 Å². The van der Waals surface area contributed by atoms with Crippen molar-refractivity contribution in [1.82, 2.24) is 0 Å². The summed E-state index contributed by atoms with van der Waals surface area (Å²) < 4.78 is 31.2. The predicted molar refractivity (Wildman–Crippen MR) is 122 cm³/mol. The lowest BCUT2D eigenvalue weighted by molar-refractivity contribution is 0.102. The number of hydrogen-bond acceptors (Lipinski definition) is 10. The van der Waals surface area contributed by atoms with Crippen molar-refractivity contribution in [1.29, 1.82) is 5.53 Å². The molecule has 4 N–H and O–H groups in total. The van der Waals surface area contributed by atoms with Crippen molar-refractivity contribution in [2.24, 2.45) is 15.6 Å². The van der Waals surface area contributed by atoms with Gasteiger partial charge >= 0.3 is 10.1 Å². The number of benzene rings is 3. The summed E-state index contributed by atoms with van der Waals surface area (Å²) in [6.07, 6.45) is 1.41. The summed E-state index contributed by atoms with van der Waals surface area (Å²) in [6.45, 7) is 0. The van der Waals surface area contributed by atoms with Crippen LogP contribution in [0.2, 0.25) is 0 Å². The molecular weight excluding hydrogens is 492 g/mol. The summed E-state index contributed by atoms with van der Waals surface area (Å²) in [6, 6.07) is 11.3. The lowest BCUT2D eigenvalue weighted by Gasteiger charge is -2.17. The number of carbonyl (C=O) groups excluding carboxylic acids is 2. The Morgan fingerprint density at radius 2 is 1.69 bits per heavy atom. The van der Waals surface area contributed by atoms with E-state index in [1.165, 1.54) is 48.5 Å². The van der Waals surface area contributed by atoms with E-state index in [0.717, 1.165) is 12.1 Å². The molecule has 0 saturated carbocycles. The molecule has 4 rings (SSSR count). The molecule has 0 heterocycles. The van der Waals surface area contributed by atoms with E-state index in [4.69, 9.17) is 9.71 Å². The Labute approximate surface area is 203 Å². The van der Waals surface area contributed by atoms with Crippen LogP contribution in [0.25, 0.3) is 0 Å². The quantitative estimate of drug-likeness (QED) is 0.121.